The van der Waals surface area contributed by atoms with Crippen LogP contribution in [-0.2, 0) is 4.74 Å². The highest BCUT2D eigenvalue weighted by Crippen LogP contribution is 2.33. The first-order chi connectivity index (χ1) is 8.76. The van der Waals surface area contributed by atoms with Crippen molar-refractivity contribution in [3.8, 4) is 0 Å². The van der Waals surface area contributed by atoms with Gasteiger partial charge in [-0.25, -0.2) is 9.38 Å². The van der Waals surface area contributed by atoms with Crippen LogP contribution < -0.4 is 5.73 Å². The molecule has 1 aliphatic heterocycles. The average Bonchev–Trinajstić information content (AvgIpc) is 2.81. The SMILES string of the molecule is NCC1CCC2OC(c3cccc(F)c3)=NC2C1. The number of ether oxygens (including phenoxy) is 1. The molecule has 0 amide bonds. The maximum absolute atomic E-state index is 13.2. The number of halogens is 1. The number of hydrogen-bond acceptors (Lipinski definition) is 3. The maximum atomic E-state index is 13.2. The molecule has 3 rings (SSSR count). The van der Waals surface area contributed by atoms with E-state index in [0.29, 0.717) is 18.4 Å². The lowest BCUT2D eigenvalue weighted by atomic mass is 9.84. The fourth-order valence-electron chi connectivity index (χ4n) is 2.78. The van der Waals surface area contributed by atoms with E-state index in [1.165, 1.54) is 12.1 Å². The molecular formula is C14H17FN2O. The summed E-state index contributed by atoms with van der Waals surface area (Å²) >= 11 is 0. The molecule has 1 aliphatic carbocycles. The van der Waals surface area contributed by atoms with Crippen LogP contribution in [-0.4, -0.2) is 24.6 Å². The zero-order chi connectivity index (χ0) is 12.5. The second-order valence-corrected chi connectivity index (χ2v) is 5.08. The van der Waals surface area contributed by atoms with Crippen LogP contribution in [0.4, 0.5) is 4.39 Å². The normalized spacial score (nSPS) is 30.6. The average molecular weight is 248 g/mol. The Bertz CT molecular complexity index is 475. The molecule has 1 fully saturated rings. The molecule has 3 unspecified atom stereocenters. The summed E-state index contributed by atoms with van der Waals surface area (Å²) in [6.07, 6.45) is 3.24. The van der Waals surface area contributed by atoms with E-state index in [9.17, 15) is 4.39 Å². The van der Waals surface area contributed by atoms with Crippen LogP contribution in [0.15, 0.2) is 29.3 Å². The molecule has 2 aliphatic rings. The van der Waals surface area contributed by atoms with Gasteiger partial charge in [-0.3, -0.25) is 0 Å². The summed E-state index contributed by atoms with van der Waals surface area (Å²) in [6, 6.07) is 6.61. The topological polar surface area (TPSA) is 47.6 Å². The highest BCUT2D eigenvalue weighted by atomic mass is 19.1. The third kappa shape index (κ3) is 2.12. The smallest absolute Gasteiger partial charge is 0.216 e. The summed E-state index contributed by atoms with van der Waals surface area (Å²) in [7, 11) is 0. The molecule has 0 bridgehead atoms. The van der Waals surface area contributed by atoms with Gasteiger partial charge >= 0.3 is 0 Å². The first-order valence-corrected chi connectivity index (χ1v) is 6.46. The molecule has 1 heterocycles. The fourth-order valence-corrected chi connectivity index (χ4v) is 2.78. The molecule has 0 aromatic heterocycles. The molecule has 2 N–H and O–H groups in total. The Labute approximate surface area is 106 Å². The van der Waals surface area contributed by atoms with Crippen LogP contribution in [0.5, 0.6) is 0 Å². The van der Waals surface area contributed by atoms with Crippen molar-refractivity contribution >= 4 is 5.90 Å². The third-order valence-corrected chi connectivity index (χ3v) is 3.81. The Hall–Kier alpha value is -1.42. The number of nitrogens with zero attached hydrogens (tertiary/aromatic N) is 1. The summed E-state index contributed by atoms with van der Waals surface area (Å²) in [5.41, 5.74) is 6.44. The molecule has 1 aromatic rings. The van der Waals surface area contributed by atoms with E-state index >= 15 is 0 Å². The summed E-state index contributed by atoms with van der Waals surface area (Å²) in [4.78, 5) is 4.59. The molecule has 4 heteroatoms. The highest BCUT2D eigenvalue weighted by molar-refractivity contribution is 5.95. The number of rotatable bonds is 2. The van der Waals surface area contributed by atoms with Crippen molar-refractivity contribution in [3.63, 3.8) is 0 Å². The van der Waals surface area contributed by atoms with E-state index in [-0.39, 0.29) is 18.0 Å². The zero-order valence-corrected chi connectivity index (χ0v) is 10.2. The lowest BCUT2D eigenvalue weighted by molar-refractivity contribution is 0.130. The van der Waals surface area contributed by atoms with Gasteiger partial charge in [-0.05, 0) is 49.9 Å². The standard InChI is InChI=1S/C14H17FN2O/c15-11-3-1-2-10(7-11)14-17-12-6-9(8-16)4-5-13(12)18-14/h1-3,7,9,12-13H,4-6,8,16H2. The monoisotopic (exact) mass is 248 g/mol. The minimum atomic E-state index is -0.256. The number of hydrogen-bond donors (Lipinski definition) is 1. The minimum Gasteiger partial charge on any atom is -0.472 e. The first kappa shape index (κ1) is 11.7. The molecule has 0 radical (unpaired) electrons. The van der Waals surface area contributed by atoms with Crippen LogP contribution in [0, 0.1) is 11.7 Å². The lowest BCUT2D eigenvalue weighted by Gasteiger charge is -2.28. The Balaban J connectivity index is 1.80. The Morgan fingerprint density at radius 2 is 2.28 bits per heavy atom. The Morgan fingerprint density at radius 3 is 3.06 bits per heavy atom. The molecule has 96 valence electrons. The van der Waals surface area contributed by atoms with Gasteiger partial charge in [0.05, 0.1) is 6.04 Å². The van der Waals surface area contributed by atoms with E-state index in [4.69, 9.17) is 10.5 Å². The Kier molecular flexibility index (Phi) is 3.04. The first-order valence-electron chi connectivity index (χ1n) is 6.46. The molecule has 1 saturated carbocycles. The highest BCUT2D eigenvalue weighted by Gasteiger charge is 2.36. The summed E-state index contributed by atoms with van der Waals surface area (Å²) in [6.45, 7) is 0.716. The van der Waals surface area contributed by atoms with Gasteiger partial charge in [0, 0.05) is 5.56 Å². The third-order valence-electron chi connectivity index (χ3n) is 3.81. The summed E-state index contributed by atoms with van der Waals surface area (Å²) < 4.78 is 19.0. The minimum absolute atomic E-state index is 0.158. The number of fused-ring (bicyclic) bond motifs is 1. The summed E-state index contributed by atoms with van der Waals surface area (Å²) in [5.74, 6) is 0.876. The van der Waals surface area contributed by atoms with Gasteiger partial charge in [0.25, 0.3) is 0 Å². The Morgan fingerprint density at radius 1 is 1.39 bits per heavy atom. The van der Waals surface area contributed by atoms with Gasteiger partial charge in [0.2, 0.25) is 5.90 Å². The largest absolute Gasteiger partial charge is 0.472 e. The molecule has 0 saturated heterocycles. The van der Waals surface area contributed by atoms with Crippen LogP contribution in [0.1, 0.15) is 24.8 Å². The van der Waals surface area contributed by atoms with Crippen LogP contribution >= 0.6 is 0 Å². The number of benzene rings is 1. The van der Waals surface area contributed by atoms with Crippen LogP contribution in [0.25, 0.3) is 0 Å². The zero-order valence-electron chi connectivity index (χ0n) is 10.2. The number of nitrogens with two attached hydrogens (primary N) is 1. The fraction of sp³-hybridized carbons (Fsp3) is 0.500. The van der Waals surface area contributed by atoms with Crippen molar-refractivity contribution in [2.75, 3.05) is 6.54 Å². The predicted molar refractivity (Wildman–Crippen MR) is 68.0 cm³/mol. The van der Waals surface area contributed by atoms with E-state index in [1.807, 2.05) is 6.07 Å². The molecule has 1 aromatic carbocycles. The van der Waals surface area contributed by atoms with Crippen molar-refractivity contribution in [1.82, 2.24) is 0 Å². The molecule has 0 spiro atoms. The second kappa shape index (κ2) is 4.69. The van der Waals surface area contributed by atoms with Gasteiger partial charge in [-0.15, -0.1) is 0 Å². The molecule has 3 atom stereocenters. The van der Waals surface area contributed by atoms with Gasteiger partial charge in [0.15, 0.2) is 0 Å². The van der Waals surface area contributed by atoms with E-state index in [2.05, 4.69) is 4.99 Å². The van der Waals surface area contributed by atoms with Crippen LogP contribution in [0.2, 0.25) is 0 Å². The van der Waals surface area contributed by atoms with Crippen molar-refractivity contribution in [2.24, 2.45) is 16.6 Å². The van der Waals surface area contributed by atoms with Crippen molar-refractivity contribution in [2.45, 2.75) is 31.4 Å². The van der Waals surface area contributed by atoms with Crippen molar-refractivity contribution in [1.29, 1.82) is 0 Å². The van der Waals surface area contributed by atoms with Gasteiger partial charge in [0.1, 0.15) is 11.9 Å². The van der Waals surface area contributed by atoms with E-state index in [1.54, 1.807) is 6.07 Å². The van der Waals surface area contributed by atoms with Gasteiger partial charge < -0.3 is 10.5 Å². The van der Waals surface area contributed by atoms with Gasteiger partial charge in [-0.2, -0.15) is 0 Å². The van der Waals surface area contributed by atoms with Crippen molar-refractivity contribution < 1.29 is 9.13 Å². The molecule has 3 nitrogen and oxygen atoms in total. The maximum Gasteiger partial charge on any atom is 0.216 e. The quantitative estimate of drug-likeness (QED) is 0.871. The van der Waals surface area contributed by atoms with E-state index < -0.39 is 0 Å². The molecule has 18 heavy (non-hydrogen) atoms. The number of aliphatic imine (C=N–C) groups is 1. The molecular weight excluding hydrogens is 231 g/mol. The summed E-state index contributed by atoms with van der Waals surface area (Å²) in [5, 5.41) is 0. The lowest BCUT2D eigenvalue weighted by Crippen LogP contribution is -2.33. The van der Waals surface area contributed by atoms with Crippen molar-refractivity contribution in [3.05, 3.63) is 35.6 Å². The predicted octanol–water partition coefficient (Wildman–Crippen LogP) is 2.10. The van der Waals surface area contributed by atoms with Crippen LogP contribution in [0.3, 0.4) is 0 Å². The second-order valence-electron chi connectivity index (χ2n) is 5.08. The van der Waals surface area contributed by atoms with Gasteiger partial charge in [-0.1, -0.05) is 6.07 Å². The van der Waals surface area contributed by atoms with E-state index in [0.717, 1.165) is 24.8 Å².